The lowest BCUT2D eigenvalue weighted by molar-refractivity contribution is -0.274. The third-order valence-corrected chi connectivity index (χ3v) is 4.02. The predicted molar refractivity (Wildman–Crippen MR) is 97.8 cm³/mol. The Bertz CT molecular complexity index is 1130. The van der Waals surface area contributed by atoms with Gasteiger partial charge in [0.15, 0.2) is 11.3 Å². The molecule has 0 unspecified atom stereocenters. The minimum absolute atomic E-state index is 0.182. The van der Waals surface area contributed by atoms with Crippen LogP contribution in [0, 0.1) is 0 Å². The molecule has 1 aliphatic heterocycles. The summed E-state index contributed by atoms with van der Waals surface area (Å²) >= 11 is 0. The van der Waals surface area contributed by atoms with Crippen molar-refractivity contribution >= 4 is 11.6 Å². The van der Waals surface area contributed by atoms with Gasteiger partial charge in [-0.2, -0.15) is 5.10 Å². The van der Waals surface area contributed by atoms with E-state index >= 15 is 0 Å². The van der Waals surface area contributed by atoms with E-state index in [1.807, 2.05) is 12.2 Å². The van der Waals surface area contributed by atoms with Gasteiger partial charge in [-0.25, -0.2) is 9.50 Å². The number of dihydropyridines is 1. The molecule has 4 rings (SSSR count). The molecule has 10 heteroatoms. The van der Waals surface area contributed by atoms with E-state index in [-0.39, 0.29) is 11.4 Å². The molecular formula is C19H14F3N5O2. The molecule has 0 bridgehead atoms. The van der Waals surface area contributed by atoms with Crippen LogP contribution in [0.4, 0.5) is 13.2 Å². The van der Waals surface area contributed by atoms with Gasteiger partial charge in [-0.05, 0) is 30.3 Å². The third-order valence-electron chi connectivity index (χ3n) is 4.02. The fourth-order valence-electron chi connectivity index (χ4n) is 2.77. The number of amides is 1. The molecule has 0 atom stereocenters. The molecule has 7 nitrogen and oxygen atoms in total. The summed E-state index contributed by atoms with van der Waals surface area (Å²) in [7, 11) is 0. The number of alkyl halides is 3. The first kappa shape index (κ1) is 18.5. The number of halogens is 3. The largest absolute Gasteiger partial charge is 0.573 e. The molecule has 0 radical (unpaired) electrons. The molecule has 3 heterocycles. The van der Waals surface area contributed by atoms with E-state index in [0.29, 0.717) is 29.3 Å². The lowest BCUT2D eigenvalue weighted by Gasteiger charge is -2.13. The number of nitrogens with zero attached hydrogens (tertiary/aromatic N) is 3. The lowest BCUT2D eigenvalue weighted by atomic mass is 10.1. The van der Waals surface area contributed by atoms with Crippen molar-refractivity contribution in [1.29, 1.82) is 0 Å². The van der Waals surface area contributed by atoms with Crippen LogP contribution in [-0.4, -0.2) is 33.4 Å². The Morgan fingerprint density at radius 1 is 1.24 bits per heavy atom. The smallest absolute Gasteiger partial charge is 0.406 e. The molecule has 1 aliphatic rings. The summed E-state index contributed by atoms with van der Waals surface area (Å²) < 4.78 is 42.7. The van der Waals surface area contributed by atoms with Crippen LogP contribution < -0.4 is 15.4 Å². The van der Waals surface area contributed by atoms with Gasteiger partial charge in [-0.15, -0.1) is 13.2 Å². The monoisotopic (exact) mass is 401 g/mol. The number of allylic oxidation sites excluding steroid dienone is 2. The van der Waals surface area contributed by atoms with Crippen LogP contribution >= 0.6 is 0 Å². The molecule has 0 aliphatic carbocycles. The van der Waals surface area contributed by atoms with Gasteiger partial charge in [0.25, 0.3) is 5.91 Å². The number of ether oxygens (including phenoxy) is 1. The highest BCUT2D eigenvalue weighted by molar-refractivity contribution is 5.94. The second-order valence-corrected chi connectivity index (χ2v) is 6.05. The highest BCUT2D eigenvalue weighted by atomic mass is 19.4. The van der Waals surface area contributed by atoms with Crippen molar-refractivity contribution in [2.24, 2.45) is 0 Å². The molecular weight excluding hydrogens is 387 g/mol. The summed E-state index contributed by atoms with van der Waals surface area (Å²) in [6.07, 6.45) is 2.02. The molecule has 29 heavy (non-hydrogen) atoms. The summed E-state index contributed by atoms with van der Waals surface area (Å²) in [4.78, 5) is 16.7. The van der Waals surface area contributed by atoms with Crippen LogP contribution in [0.15, 0.2) is 66.6 Å². The van der Waals surface area contributed by atoms with Crippen molar-refractivity contribution in [1.82, 2.24) is 25.2 Å². The van der Waals surface area contributed by atoms with Crippen molar-refractivity contribution < 1.29 is 22.7 Å². The molecule has 1 aromatic carbocycles. The van der Waals surface area contributed by atoms with Crippen molar-refractivity contribution in [3.05, 3.63) is 72.3 Å². The normalized spacial score (nSPS) is 13.7. The number of benzene rings is 1. The summed E-state index contributed by atoms with van der Waals surface area (Å²) in [5, 5.41) is 10.1. The lowest BCUT2D eigenvalue weighted by Crippen LogP contribution is -2.33. The van der Waals surface area contributed by atoms with E-state index < -0.39 is 12.3 Å². The zero-order valence-electron chi connectivity index (χ0n) is 14.8. The Morgan fingerprint density at radius 3 is 2.86 bits per heavy atom. The molecule has 0 saturated carbocycles. The highest BCUT2D eigenvalue weighted by Crippen LogP contribution is 2.27. The molecule has 148 valence electrons. The molecule has 0 fully saturated rings. The highest BCUT2D eigenvalue weighted by Gasteiger charge is 2.31. The number of hydrogen-bond donors (Lipinski definition) is 2. The molecule has 0 saturated heterocycles. The fraction of sp³-hybridized carbons (Fsp3) is 0.105. The second kappa shape index (κ2) is 7.30. The first-order valence-corrected chi connectivity index (χ1v) is 8.52. The minimum Gasteiger partial charge on any atom is -0.406 e. The Kier molecular flexibility index (Phi) is 4.67. The zero-order chi connectivity index (χ0) is 20.4. The first-order chi connectivity index (χ1) is 13.9. The number of nitrogens with one attached hydrogen (secondary N) is 2. The zero-order valence-corrected chi connectivity index (χ0v) is 14.8. The maximum absolute atomic E-state index is 12.6. The van der Waals surface area contributed by atoms with Gasteiger partial charge in [0.2, 0.25) is 0 Å². The number of hydrogen-bond acceptors (Lipinski definition) is 5. The SMILES string of the molecule is O=C(NC1=CC=CCN1)c1cnc2ccc(-c3cccc(OC(F)(F)F)c3)nn12. The van der Waals surface area contributed by atoms with Gasteiger partial charge >= 0.3 is 6.36 Å². The van der Waals surface area contributed by atoms with Gasteiger partial charge < -0.3 is 15.4 Å². The average Bonchev–Trinajstić information content (AvgIpc) is 3.11. The van der Waals surface area contributed by atoms with Crippen LogP contribution in [0.25, 0.3) is 16.9 Å². The van der Waals surface area contributed by atoms with E-state index in [2.05, 4.69) is 25.5 Å². The molecule has 2 aromatic heterocycles. The third kappa shape index (κ3) is 4.21. The van der Waals surface area contributed by atoms with Crippen LogP contribution in [0.1, 0.15) is 10.5 Å². The van der Waals surface area contributed by atoms with E-state index in [0.717, 1.165) is 0 Å². The standard InChI is InChI=1S/C19H14F3N5O2/c20-19(21,22)29-13-5-3-4-12(10-13)14-7-8-17-24-11-15(27(17)26-14)18(28)25-16-6-1-2-9-23-16/h1-8,10-11,23H,9H2,(H,25,28). The quantitative estimate of drug-likeness (QED) is 0.703. The summed E-state index contributed by atoms with van der Waals surface area (Å²) in [6, 6.07) is 8.67. The summed E-state index contributed by atoms with van der Waals surface area (Å²) in [5.41, 5.74) is 1.36. The number of fused-ring (bicyclic) bond motifs is 1. The predicted octanol–water partition coefficient (Wildman–Crippen LogP) is 3.03. The molecule has 3 aromatic rings. The minimum atomic E-state index is -4.79. The maximum atomic E-state index is 12.6. The number of carbonyl (C=O) groups excluding carboxylic acids is 1. The Labute approximate surface area is 162 Å². The molecule has 2 N–H and O–H groups in total. The van der Waals surface area contributed by atoms with Crippen LogP contribution in [0.3, 0.4) is 0 Å². The van der Waals surface area contributed by atoms with Crippen molar-refractivity contribution in [2.75, 3.05) is 6.54 Å². The van der Waals surface area contributed by atoms with Crippen LogP contribution in [0.2, 0.25) is 0 Å². The average molecular weight is 401 g/mol. The van der Waals surface area contributed by atoms with E-state index in [1.54, 1.807) is 24.3 Å². The number of rotatable bonds is 4. The van der Waals surface area contributed by atoms with Crippen molar-refractivity contribution in [2.45, 2.75) is 6.36 Å². The Morgan fingerprint density at radius 2 is 2.10 bits per heavy atom. The van der Waals surface area contributed by atoms with Gasteiger partial charge in [-0.1, -0.05) is 24.3 Å². The number of aromatic nitrogens is 3. The summed E-state index contributed by atoms with van der Waals surface area (Å²) in [5.74, 6) is -0.241. The number of imidazole rings is 1. The topological polar surface area (TPSA) is 80.5 Å². The van der Waals surface area contributed by atoms with Crippen LogP contribution in [-0.2, 0) is 0 Å². The van der Waals surface area contributed by atoms with Crippen molar-refractivity contribution in [3.8, 4) is 17.0 Å². The summed E-state index contributed by atoms with van der Waals surface area (Å²) in [6.45, 7) is 0.595. The van der Waals surface area contributed by atoms with Crippen LogP contribution in [0.5, 0.6) is 5.75 Å². The fourth-order valence-corrected chi connectivity index (χ4v) is 2.77. The maximum Gasteiger partial charge on any atom is 0.573 e. The van der Waals surface area contributed by atoms with E-state index in [1.165, 1.54) is 28.9 Å². The van der Waals surface area contributed by atoms with Gasteiger partial charge in [0.05, 0.1) is 11.9 Å². The van der Waals surface area contributed by atoms with E-state index in [4.69, 9.17) is 0 Å². The van der Waals surface area contributed by atoms with Gasteiger partial charge in [0, 0.05) is 12.1 Å². The van der Waals surface area contributed by atoms with E-state index in [9.17, 15) is 18.0 Å². The Balaban J connectivity index is 1.65. The van der Waals surface area contributed by atoms with Gasteiger partial charge in [-0.3, -0.25) is 4.79 Å². The first-order valence-electron chi connectivity index (χ1n) is 8.52. The van der Waals surface area contributed by atoms with Gasteiger partial charge in [0.1, 0.15) is 11.6 Å². The second-order valence-electron chi connectivity index (χ2n) is 6.05. The number of carbonyl (C=O) groups is 1. The molecule has 1 amide bonds. The molecule has 0 spiro atoms. The van der Waals surface area contributed by atoms with Crippen molar-refractivity contribution in [3.63, 3.8) is 0 Å². The Hall–Kier alpha value is -3.82.